The van der Waals surface area contributed by atoms with E-state index in [1.54, 1.807) is 6.92 Å². The smallest absolute Gasteiger partial charge is 0.338 e. The summed E-state index contributed by atoms with van der Waals surface area (Å²) in [6.45, 7) is 11.0. The molecule has 4 aromatic rings. The number of nitrogens with zero attached hydrogens (tertiary/aromatic N) is 10. The average Bonchev–Trinajstić information content (AvgIpc) is 3.70. The minimum absolute atomic E-state index is 0.115. The van der Waals surface area contributed by atoms with Crippen molar-refractivity contribution >= 4 is 29.3 Å². The molecule has 4 aliphatic heterocycles. The van der Waals surface area contributed by atoms with Gasteiger partial charge in [0.1, 0.15) is 0 Å². The molecule has 3 aromatic heterocycles. The zero-order valence-electron chi connectivity index (χ0n) is 29.3. The summed E-state index contributed by atoms with van der Waals surface area (Å²) < 4.78 is 4.17. The van der Waals surface area contributed by atoms with Crippen molar-refractivity contribution in [3.05, 3.63) is 64.9 Å². The highest BCUT2D eigenvalue weighted by Gasteiger charge is 2.37. The summed E-state index contributed by atoms with van der Waals surface area (Å²) in [5.41, 5.74) is 8.79. The quantitative estimate of drug-likeness (QED) is 0.289. The van der Waals surface area contributed by atoms with Gasteiger partial charge in [0.05, 0.1) is 24.3 Å². The third-order valence-electron chi connectivity index (χ3n) is 11.2. The normalized spacial score (nSPS) is 18.6. The standard InChI is InChI=1S/C37H46N10O3/c1-24-15-34-27(16-31(24)29-19-40-42(3)20-29)5-4-10-46(34)35-32-23-45(25(2)48)14-9-33(32)47(41-35)30-21-43(22-30)11-6-26-7-12-44(13-8-26)37-38-17-28(18-39-37)36(49)50/h15-20,26,30H,4-14,21-23H2,1-3H3,(H,49,50). The molecule has 1 amide bonds. The lowest BCUT2D eigenvalue weighted by Crippen LogP contribution is -2.49. The van der Waals surface area contributed by atoms with Gasteiger partial charge in [-0.3, -0.25) is 19.1 Å². The molecular weight excluding hydrogens is 632 g/mol. The molecule has 13 nitrogen and oxygen atoms in total. The zero-order valence-corrected chi connectivity index (χ0v) is 29.3. The second-order valence-electron chi connectivity index (χ2n) is 14.5. The van der Waals surface area contributed by atoms with E-state index in [2.05, 4.69) is 59.7 Å². The molecule has 13 heteroatoms. The predicted molar refractivity (Wildman–Crippen MR) is 190 cm³/mol. The van der Waals surface area contributed by atoms with Gasteiger partial charge in [-0.1, -0.05) is 0 Å². The van der Waals surface area contributed by atoms with Gasteiger partial charge in [0.25, 0.3) is 0 Å². The number of aromatic nitrogens is 6. The Bertz CT molecular complexity index is 1900. The van der Waals surface area contributed by atoms with E-state index in [1.807, 2.05) is 22.8 Å². The second kappa shape index (κ2) is 13.2. The minimum atomic E-state index is -1.00. The molecule has 0 saturated carbocycles. The fraction of sp³-hybridized carbons (Fsp3) is 0.514. The first kappa shape index (κ1) is 32.4. The summed E-state index contributed by atoms with van der Waals surface area (Å²) in [4.78, 5) is 41.3. The van der Waals surface area contributed by atoms with Crippen LogP contribution in [0.2, 0.25) is 0 Å². The maximum atomic E-state index is 12.5. The van der Waals surface area contributed by atoms with Gasteiger partial charge in [0.15, 0.2) is 5.82 Å². The average molecular weight is 679 g/mol. The molecule has 1 N–H and O–H groups in total. The molecule has 8 rings (SSSR count). The van der Waals surface area contributed by atoms with Crippen molar-refractivity contribution in [3.8, 4) is 11.1 Å². The van der Waals surface area contributed by atoms with Gasteiger partial charge in [-0.05, 0) is 80.3 Å². The summed E-state index contributed by atoms with van der Waals surface area (Å²) >= 11 is 0. The van der Waals surface area contributed by atoms with Crippen molar-refractivity contribution in [3.63, 3.8) is 0 Å². The maximum absolute atomic E-state index is 12.5. The lowest BCUT2D eigenvalue weighted by Gasteiger charge is -2.41. The lowest BCUT2D eigenvalue weighted by molar-refractivity contribution is -0.129. The zero-order chi connectivity index (χ0) is 34.5. The summed E-state index contributed by atoms with van der Waals surface area (Å²) in [6, 6.07) is 5.01. The number of fused-ring (bicyclic) bond motifs is 2. The van der Waals surface area contributed by atoms with Gasteiger partial charge >= 0.3 is 5.97 Å². The van der Waals surface area contributed by atoms with E-state index in [1.165, 1.54) is 52.4 Å². The second-order valence-corrected chi connectivity index (χ2v) is 14.5. The molecule has 0 bridgehead atoms. The summed E-state index contributed by atoms with van der Waals surface area (Å²) in [7, 11) is 1.96. The molecule has 2 saturated heterocycles. The number of carboxylic acids is 1. The number of hydrogen-bond acceptors (Lipinski definition) is 9. The number of aromatic carboxylic acids is 1. The number of piperidine rings is 1. The third kappa shape index (κ3) is 6.12. The number of hydrogen-bond donors (Lipinski definition) is 1. The maximum Gasteiger partial charge on any atom is 0.338 e. The molecule has 0 aliphatic carbocycles. The van der Waals surface area contributed by atoms with E-state index in [4.69, 9.17) is 10.2 Å². The molecule has 0 spiro atoms. The first-order chi connectivity index (χ1) is 24.2. The van der Waals surface area contributed by atoms with Crippen LogP contribution >= 0.6 is 0 Å². The van der Waals surface area contributed by atoms with Crippen molar-refractivity contribution in [1.82, 2.24) is 39.3 Å². The molecule has 7 heterocycles. The van der Waals surface area contributed by atoms with Crippen LogP contribution < -0.4 is 9.80 Å². The number of benzene rings is 1. The monoisotopic (exact) mass is 678 g/mol. The number of aryl methyl sites for hydroxylation is 3. The fourth-order valence-corrected chi connectivity index (χ4v) is 8.31. The first-order valence-corrected chi connectivity index (χ1v) is 18.0. The predicted octanol–water partition coefficient (Wildman–Crippen LogP) is 4.23. The number of likely N-dealkylation sites (tertiary alicyclic amines) is 1. The van der Waals surface area contributed by atoms with E-state index in [9.17, 15) is 9.59 Å². The van der Waals surface area contributed by atoms with Gasteiger partial charge in [-0.2, -0.15) is 10.2 Å². The van der Waals surface area contributed by atoms with Crippen molar-refractivity contribution < 1.29 is 14.7 Å². The molecular formula is C37H46N10O3. The minimum Gasteiger partial charge on any atom is -0.478 e. The van der Waals surface area contributed by atoms with E-state index >= 15 is 0 Å². The van der Waals surface area contributed by atoms with Crippen LogP contribution in [0, 0.1) is 12.8 Å². The van der Waals surface area contributed by atoms with Crippen molar-refractivity contribution in [2.24, 2.45) is 13.0 Å². The van der Waals surface area contributed by atoms with Crippen LogP contribution in [0.1, 0.15) is 71.4 Å². The Morgan fingerprint density at radius 2 is 1.78 bits per heavy atom. The van der Waals surface area contributed by atoms with Crippen LogP contribution in [0.3, 0.4) is 0 Å². The fourth-order valence-electron chi connectivity index (χ4n) is 8.31. The van der Waals surface area contributed by atoms with Crippen LogP contribution in [-0.4, -0.2) is 102 Å². The molecule has 262 valence electrons. The number of carbonyl (C=O) groups is 2. The molecule has 4 aliphatic rings. The third-order valence-corrected chi connectivity index (χ3v) is 11.2. The topological polar surface area (TPSA) is 129 Å². The highest BCUT2D eigenvalue weighted by atomic mass is 16.4. The number of anilines is 3. The first-order valence-electron chi connectivity index (χ1n) is 18.0. The highest BCUT2D eigenvalue weighted by molar-refractivity contribution is 5.86. The molecule has 2 fully saturated rings. The van der Waals surface area contributed by atoms with Crippen LogP contribution in [0.15, 0.2) is 36.9 Å². The Labute approximate surface area is 292 Å². The number of carbonyl (C=O) groups excluding carboxylic acids is 1. The van der Waals surface area contributed by atoms with Crippen molar-refractivity contribution in [2.45, 2.75) is 65.0 Å². The van der Waals surface area contributed by atoms with Crippen LogP contribution in [-0.2, 0) is 31.2 Å². The summed E-state index contributed by atoms with van der Waals surface area (Å²) in [6.07, 6.45) is 13.1. The highest BCUT2D eigenvalue weighted by Crippen LogP contribution is 2.42. The van der Waals surface area contributed by atoms with E-state index in [0.29, 0.717) is 24.5 Å². The molecule has 0 unspecified atom stereocenters. The molecule has 0 radical (unpaired) electrons. The Balaban J connectivity index is 0.945. The van der Waals surface area contributed by atoms with Gasteiger partial charge in [-0.25, -0.2) is 14.8 Å². The van der Waals surface area contributed by atoms with Crippen LogP contribution in [0.5, 0.6) is 0 Å². The summed E-state index contributed by atoms with van der Waals surface area (Å²) in [5, 5.41) is 18.9. The number of carboxylic acid groups (broad SMARTS) is 1. The van der Waals surface area contributed by atoms with Gasteiger partial charge in [-0.15, -0.1) is 0 Å². The summed E-state index contributed by atoms with van der Waals surface area (Å²) in [5.74, 6) is 1.41. The van der Waals surface area contributed by atoms with Crippen LogP contribution in [0.4, 0.5) is 17.5 Å². The van der Waals surface area contributed by atoms with Gasteiger partial charge in [0.2, 0.25) is 11.9 Å². The van der Waals surface area contributed by atoms with Crippen molar-refractivity contribution in [1.29, 1.82) is 0 Å². The van der Waals surface area contributed by atoms with E-state index < -0.39 is 5.97 Å². The van der Waals surface area contributed by atoms with Gasteiger partial charge in [0, 0.05) is 101 Å². The van der Waals surface area contributed by atoms with Gasteiger partial charge < -0.3 is 19.8 Å². The Morgan fingerprint density at radius 1 is 1.00 bits per heavy atom. The molecule has 1 aromatic carbocycles. The molecule has 50 heavy (non-hydrogen) atoms. The Kier molecular flexibility index (Phi) is 8.54. The van der Waals surface area contributed by atoms with E-state index in [0.717, 1.165) is 89.3 Å². The van der Waals surface area contributed by atoms with Crippen molar-refractivity contribution in [2.75, 3.05) is 55.6 Å². The SMILES string of the molecule is CC(=O)N1CCc2c(c(N3CCCc4cc(-c5cnn(C)c5)c(C)cc43)nn2C2CN(CCC3CCN(c4ncc(C(=O)O)cn4)CC3)C2)C1. The number of rotatable bonds is 8. The Hall–Kier alpha value is -4.78. The largest absolute Gasteiger partial charge is 0.478 e. The lowest BCUT2D eigenvalue weighted by atomic mass is 9.92. The Morgan fingerprint density at radius 3 is 2.48 bits per heavy atom. The molecule has 0 atom stereocenters. The van der Waals surface area contributed by atoms with Crippen LogP contribution in [0.25, 0.3) is 11.1 Å². The number of amides is 1. The van der Waals surface area contributed by atoms with E-state index in [-0.39, 0.29) is 11.5 Å².